The summed E-state index contributed by atoms with van der Waals surface area (Å²) in [7, 11) is -4.84. The van der Waals surface area contributed by atoms with Crippen LogP contribution >= 0.6 is 0 Å². The second-order valence-corrected chi connectivity index (χ2v) is 13.2. The third-order valence-corrected chi connectivity index (χ3v) is 8.41. The normalized spacial score (nSPS) is 12.0. The summed E-state index contributed by atoms with van der Waals surface area (Å²) in [5.41, 5.74) is 1.15. The molecule has 0 aliphatic heterocycles. The van der Waals surface area contributed by atoms with Gasteiger partial charge in [0.15, 0.2) is 0 Å². The second kappa shape index (κ2) is 6.78. The van der Waals surface area contributed by atoms with Gasteiger partial charge in [0.1, 0.15) is 17.2 Å². The molecule has 2 aromatic carbocycles. The Morgan fingerprint density at radius 3 is 1.83 bits per heavy atom. The topological polar surface area (TPSA) is 47.9 Å². The van der Waals surface area contributed by atoms with Gasteiger partial charge in [0.2, 0.25) is 0 Å². The van der Waals surface area contributed by atoms with Crippen LogP contribution in [0.15, 0.2) is 48.5 Å². The van der Waals surface area contributed by atoms with E-state index in [2.05, 4.69) is 0 Å². The zero-order chi connectivity index (χ0) is 17.1. The number of phenols is 1. The molecular weight excluding hydrogens is 324 g/mol. The van der Waals surface area contributed by atoms with Gasteiger partial charge in [0.25, 0.3) is 0 Å². The van der Waals surface area contributed by atoms with Crippen LogP contribution in [0.1, 0.15) is 5.56 Å². The number of rotatable bonds is 6. The highest BCUT2D eigenvalue weighted by Gasteiger charge is 2.39. The lowest BCUT2D eigenvalue weighted by Crippen LogP contribution is -2.52. The van der Waals surface area contributed by atoms with E-state index in [0.29, 0.717) is 5.75 Å². The summed E-state index contributed by atoms with van der Waals surface area (Å²) in [4.78, 5) is 0. The van der Waals surface area contributed by atoms with Crippen LogP contribution in [0.3, 0.4) is 0 Å². The maximum Gasteiger partial charge on any atom is 0.384 e. The molecule has 0 aliphatic carbocycles. The van der Waals surface area contributed by atoms with Crippen molar-refractivity contribution < 1.29 is 18.1 Å². The standard InChI is InChI=1S/C17H24O4Si2/c1-14-8-6-10-16(12-14)19-22(2,3)21-23(4,5)20-17-11-7-9-15(18)13-17/h6-13,18H,1-5H3. The van der Waals surface area contributed by atoms with Crippen molar-refractivity contribution in [1.82, 2.24) is 0 Å². The summed E-state index contributed by atoms with van der Waals surface area (Å²) >= 11 is 0. The summed E-state index contributed by atoms with van der Waals surface area (Å²) in [6, 6.07) is 14.7. The Hall–Kier alpha value is -1.77. The summed E-state index contributed by atoms with van der Waals surface area (Å²) in [5.74, 6) is 1.62. The van der Waals surface area contributed by atoms with Gasteiger partial charge in [-0.25, -0.2) is 0 Å². The second-order valence-electron chi connectivity index (χ2n) is 6.42. The van der Waals surface area contributed by atoms with E-state index in [4.69, 9.17) is 13.0 Å². The van der Waals surface area contributed by atoms with Gasteiger partial charge >= 0.3 is 17.1 Å². The average molecular weight is 349 g/mol. The van der Waals surface area contributed by atoms with Gasteiger partial charge in [-0.3, -0.25) is 0 Å². The Morgan fingerprint density at radius 2 is 1.30 bits per heavy atom. The van der Waals surface area contributed by atoms with Crippen LogP contribution in [-0.2, 0) is 4.12 Å². The van der Waals surface area contributed by atoms with E-state index in [1.165, 1.54) is 0 Å². The van der Waals surface area contributed by atoms with Gasteiger partial charge in [-0.2, -0.15) is 0 Å². The average Bonchev–Trinajstić information content (AvgIpc) is 2.35. The minimum atomic E-state index is -2.44. The van der Waals surface area contributed by atoms with E-state index in [-0.39, 0.29) is 5.75 Å². The Morgan fingerprint density at radius 1 is 0.783 bits per heavy atom. The van der Waals surface area contributed by atoms with Crippen molar-refractivity contribution in [3.8, 4) is 17.2 Å². The van der Waals surface area contributed by atoms with Crippen molar-refractivity contribution in [3.63, 3.8) is 0 Å². The molecule has 0 heterocycles. The molecule has 0 aliphatic rings. The molecule has 0 aromatic heterocycles. The Kier molecular flexibility index (Phi) is 5.18. The highest BCUT2D eigenvalue weighted by molar-refractivity contribution is 6.79. The molecule has 2 aromatic rings. The fourth-order valence-corrected chi connectivity index (χ4v) is 8.88. The van der Waals surface area contributed by atoms with Crippen LogP contribution in [0.2, 0.25) is 26.2 Å². The van der Waals surface area contributed by atoms with Crippen LogP contribution in [0.4, 0.5) is 0 Å². The zero-order valence-corrected chi connectivity index (χ0v) is 16.3. The molecule has 0 saturated heterocycles. The van der Waals surface area contributed by atoms with E-state index in [1.54, 1.807) is 18.2 Å². The van der Waals surface area contributed by atoms with Crippen molar-refractivity contribution >= 4 is 17.1 Å². The van der Waals surface area contributed by atoms with E-state index in [0.717, 1.165) is 11.3 Å². The summed E-state index contributed by atoms with van der Waals surface area (Å²) in [5, 5.41) is 9.54. The molecule has 2 rings (SSSR count). The summed E-state index contributed by atoms with van der Waals surface area (Å²) in [6.45, 7) is 10.0. The lowest BCUT2D eigenvalue weighted by Gasteiger charge is -2.33. The summed E-state index contributed by atoms with van der Waals surface area (Å²) in [6.07, 6.45) is 0. The van der Waals surface area contributed by atoms with E-state index in [1.807, 2.05) is 63.4 Å². The van der Waals surface area contributed by atoms with Crippen molar-refractivity contribution in [1.29, 1.82) is 0 Å². The minimum absolute atomic E-state index is 0.180. The molecule has 0 atom stereocenters. The molecule has 23 heavy (non-hydrogen) atoms. The lowest BCUT2D eigenvalue weighted by atomic mass is 10.2. The van der Waals surface area contributed by atoms with Gasteiger partial charge in [0.05, 0.1) is 0 Å². The van der Waals surface area contributed by atoms with Crippen LogP contribution in [0.5, 0.6) is 17.2 Å². The number of phenolic OH excluding ortho intramolecular Hbond substituents is 1. The molecular formula is C17H24O4Si2. The zero-order valence-electron chi connectivity index (χ0n) is 14.3. The van der Waals surface area contributed by atoms with Gasteiger partial charge in [-0.05, 0) is 62.9 Å². The smallest absolute Gasteiger partial charge is 0.384 e. The van der Waals surface area contributed by atoms with Crippen LogP contribution in [0.25, 0.3) is 0 Å². The minimum Gasteiger partial charge on any atom is -0.521 e. The highest BCUT2D eigenvalue weighted by Crippen LogP contribution is 2.25. The Balaban J connectivity index is 2.05. The SMILES string of the molecule is Cc1cccc(O[Si](C)(C)O[Si](C)(C)Oc2cccc(O)c2)c1. The molecule has 124 valence electrons. The van der Waals surface area contributed by atoms with Crippen molar-refractivity contribution in [2.75, 3.05) is 0 Å². The molecule has 0 bridgehead atoms. The molecule has 0 fully saturated rings. The first-order valence-electron chi connectivity index (χ1n) is 7.59. The third-order valence-electron chi connectivity index (χ3n) is 3.03. The molecule has 4 nitrogen and oxygen atoms in total. The maximum atomic E-state index is 9.54. The van der Waals surface area contributed by atoms with E-state index < -0.39 is 17.1 Å². The number of aromatic hydroxyl groups is 1. The number of benzene rings is 2. The largest absolute Gasteiger partial charge is 0.521 e. The number of aryl methyl sites for hydroxylation is 1. The molecule has 6 heteroatoms. The van der Waals surface area contributed by atoms with Crippen LogP contribution in [-0.4, -0.2) is 22.2 Å². The van der Waals surface area contributed by atoms with E-state index >= 15 is 0 Å². The summed E-state index contributed by atoms with van der Waals surface area (Å²) < 4.78 is 18.4. The molecule has 0 amide bonds. The third kappa shape index (κ3) is 5.74. The van der Waals surface area contributed by atoms with Crippen LogP contribution < -0.4 is 8.85 Å². The molecule has 0 radical (unpaired) electrons. The lowest BCUT2D eigenvalue weighted by molar-refractivity contribution is 0.333. The molecule has 1 N–H and O–H groups in total. The monoisotopic (exact) mass is 348 g/mol. The van der Waals surface area contributed by atoms with Gasteiger partial charge in [0, 0.05) is 6.07 Å². The predicted octanol–water partition coefficient (Wildman–Crippen LogP) is 4.58. The number of hydrogen-bond donors (Lipinski definition) is 1. The van der Waals surface area contributed by atoms with Gasteiger partial charge in [-0.15, -0.1) is 0 Å². The Labute approximate surface area is 140 Å². The quantitative estimate of drug-likeness (QED) is 0.776. The van der Waals surface area contributed by atoms with E-state index in [9.17, 15) is 5.11 Å². The fraction of sp³-hybridized carbons (Fsp3) is 0.294. The van der Waals surface area contributed by atoms with Crippen molar-refractivity contribution in [3.05, 3.63) is 54.1 Å². The van der Waals surface area contributed by atoms with Crippen molar-refractivity contribution in [2.45, 2.75) is 33.1 Å². The van der Waals surface area contributed by atoms with Gasteiger partial charge in [-0.1, -0.05) is 18.2 Å². The van der Waals surface area contributed by atoms with Crippen molar-refractivity contribution in [2.24, 2.45) is 0 Å². The van der Waals surface area contributed by atoms with Gasteiger partial charge < -0.3 is 18.1 Å². The first-order valence-corrected chi connectivity index (χ1v) is 13.2. The first-order chi connectivity index (χ1) is 10.7. The Bertz CT molecular complexity index is 614. The molecule has 0 saturated carbocycles. The molecule has 0 unspecified atom stereocenters. The predicted molar refractivity (Wildman–Crippen MR) is 96.6 cm³/mol. The van der Waals surface area contributed by atoms with Crippen LogP contribution in [0, 0.1) is 6.92 Å². The molecule has 0 spiro atoms. The fourth-order valence-electron chi connectivity index (χ4n) is 2.43. The first kappa shape index (κ1) is 17.6. The maximum absolute atomic E-state index is 9.54. The number of hydrogen-bond acceptors (Lipinski definition) is 4. The highest BCUT2D eigenvalue weighted by atomic mass is 28.5.